The number of hydrogen-bond acceptors (Lipinski definition) is 7. The zero-order valence-electron chi connectivity index (χ0n) is 16.7. The number of piperidine rings is 1. The van der Waals surface area contributed by atoms with Gasteiger partial charge in [-0.2, -0.15) is 4.98 Å². The monoisotopic (exact) mass is 397 g/mol. The number of anilines is 3. The number of hydrogen-bond donors (Lipinski definition) is 1. The number of aliphatic carboxylic acids is 1. The van der Waals surface area contributed by atoms with Crippen LogP contribution in [0.3, 0.4) is 0 Å². The lowest BCUT2D eigenvalue weighted by Gasteiger charge is -2.37. The first-order valence-corrected chi connectivity index (χ1v) is 10.1. The van der Waals surface area contributed by atoms with Gasteiger partial charge in [-0.3, -0.25) is 4.79 Å². The lowest BCUT2D eigenvalue weighted by molar-refractivity contribution is -0.142. The van der Waals surface area contributed by atoms with E-state index in [2.05, 4.69) is 25.8 Å². The van der Waals surface area contributed by atoms with Gasteiger partial charge in [0.25, 0.3) is 0 Å². The molecule has 3 heterocycles. The van der Waals surface area contributed by atoms with E-state index < -0.39 is 5.97 Å². The highest BCUT2D eigenvalue weighted by Crippen LogP contribution is 2.29. The first kappa shape index (κ1) is 19.3. The number of carbonyl (C=O) groups is 1. The molecule has 0 spiro atoms. The predicted molar refractivity (Wildman–Crippen MR) is 112 cm³/mol. The molecule has 0 amide bonds. The van der Waals surface area contributed by atoms with Gasteiger partial charge in [0.1, 0.15) is 11.6 Å². The van der Waals surface area contributed by atoms with E-state index in [1.165, 1.54) is 0 Å². The van der Waals surface area contributed by atoms with Crippen LogP contribution in [0.2, 0.25) is 0 Å². The molecule has 2 aromatic rings. The number of nitrogens with zero attached hydrogens (tertiary/aromatic N) is 5. The molecule has 2 saturated heterocycles. The maximum Gasteiger partial charge on any atom is 0.306 e. The minimum absolute atomic E-state index is 0.240. The van der Waals surface area contributed by atoms with E-state index in [1.807, 2.05) is 24.3 Å². The van der Waals surface area contributed by atoms with Gasteiger partial charge in [0.2, 0.25) is 5.95 Å². The van der Waals surface area contributed by atoms with Crippen LogP contribution in [-0.4, -0.2) is 67.4 Å². The molecule has 0 unspecified atom stereocenters. The SMILES string of the molecule is COc1ccccc1N1CCN(c2nccc(N3CCC(C(=O)O)CC3)n2)CC1. The smallest absolute Gasteiger partial charge is 0.306 e. The molecule has 0 aliphatic carbocycles. The second-order valence-corrected chi connectivity index (χ2v) is 7.46. The molecule has 2 fully saturated rings. The van der Waals surface area contributed by atoms with Crippen LogP contribution in [0.1, 0.15) is 12.8 Å². The second kappa shape index (κ2) is 8.55. The zero-order chi connectivity index (χ0) is 20.2. The highest BCUT2D eigenvalue weighted by Gasteiger charge is 2.26. The van der Waals surface area contributed by atoms with Crippen molar-refractivity contribution in [2.45, 2.75) is 12.8 Å². The van der Waals surface area contributed by atoms with Crippen LogP contribution in [0.4, 0.5) is 17.5 Å². The minimum Gasteiger partial charge on any atom is -0.495 e. The topological polar surface area (TPSA) is 82.0 Å². The maximum atomic E-state index is 11.2. The van der Waals surface area contributed by atoms with E-state index >= 15 is 0 Å². The molecular weight excluding hydrogens is 370 g/mol. The lowest BCUT2D eigenvalue weighted by atomic mass is 9.97. The zero-order valence-corrected chi connectivity index (χ0v) is 16.7. The average Bonchev–Trinajstić information content (AvgIpc) is 2.79. The Morgan fingerprint density at radius 1 is 1.00 bits per heavy atom. The Morgan fingerprint density at radius 2 is 1.69 bits per heavy atom. The highest BCUT2D eigenvalue weighted by atomic mass is 16.5. The lowest BCUT2D eigenvalue weighted by Crippen LogP contribution is -2.47. The summed E-state index contributed by atoms with van der Waals surface area (Å²) in [6.07, 6.45) is 3.12. The first-order valence-electron chi connectivity index (χ1n) is 10.1. The number of carboxylic acid groups (broad SMARTS) is 1. The van der Waals surface area contributed by atoms with Crippen LogP contribution in [0, 0.1) is 5.92 Å². The molecule has 4 rings (SSSR count). The van der Waals surface area contributed by atoms with Crippen LogP contribution in [0.5, 0.6) is 5.75 Å². The largest absolute Gasteiger partial charge is 0.495 e. The summed E-state index contributed by atoms with van der Waals surface area (Å²) in [7, 11) is 1.70. The molecule has 29 heavy (non-hydrogen) atoms. The summed E-state index contributed by atoms with van der Waals surface area (Å²) in [4.78, 5) is 27.1. The van der Waals surface area contributed by atoms with E-state index in [4.69, 9.17) is 9.72 Å². The first-order chi connectivity index (χ1) is 14.2. The predicted octanol–water partition coefficient (Wildman–Crippen LogP) is 2.11. The molecule has 0 bridgehead atoms. The normalized spacial score (nSPS) is 18.0. The minimum atomic E-state index is -0.694. The molecule has 1 aromatic heterocycles. The third-order valence-corrected chi connectivity index (χ3v) is 5.78. The number of rotatable bonds is 5. The number of piperazine rings is 1. The van der Waals surface area contributed by atoms with Crippen molar-refractivity contribution in [3.8, 4) is 5.75 Å². The summed E-state index contributed by atoms with van der Waals surface area (Å²) in [6.45, 7) is 4.85. The fraction of sp³-hybridized carbons (Fsp3) is 0.476. The van der Waals surface area contributed by atoms with Crippen molar-refractivity contribution in [3.05, 3.63) is 36.5 Å². The third kappa shape index (κ3) is 4.21. The standard InChI is InChI=1S/C21H27N5O3/c1-29-18-5-3-2-4-17(18)24-12-14-26(15-13-24)21-22-9-6-19(23-21)25-10-7-16(8-11-25)20(27)28/h2-6,9,16H,7-8,10-15H2,1H3,(H,27,28). The quantitative estimate of drug-likeness (QED) is 0.822. The molecule has 8 nitrogen and oxygen atoms in total. The van der Waals surface area contributed by atoms with Crippen molar-refractivity contribution in [1.29, 1.82) is 0 Å². The fourth-order valence-electron chi connectivity index (χ4n) is 4.06. The molecule has 0 saturated carbocycles. The van der Waals surface area contributed by atoms with E-state index in [0.29, 0.717) is 12.8 Å². The number of methoxy groups -OCH3 is 1. The summed E-state index contributed by atoms with van der Waals surface area (Å²) in [5.74, 6) is 1.58. The van der Waals surface area contributed by atoms with Gasteiger partial charge < -0.3 is 24.5 Å². The highest BCUT2D eigenvalue weighted by molar-refractivity contribution is 5.70. The Bertz CT molecular complexity index is 846. The van der Waals surface area contributed by atoms with Crippen molar-refractivity contribution >= 4 is 23.4 Å². The van der Waals surface area contributed by atoms with Crippen molar-refractivity contribution in [1.82, 2.24) is 9.97 Å². The molecular formula is C21H27N5O3. The van der Waals surface area contributed by atoms with Gasteiger partial charge in [0, 0.05) is 45.5 Å². The van der Waals surface area contributed by atoms with Crippen LogP contribution in [0.25, 0.3) is 0 Å². The van der Waals surface area contributed by atoms with Crippen LogP contribution >= 0.6 is 0 Å². The van der Waals surface area contributed by atoms with E-state index in [9.17, 15) is 9.90 Å². The number of ether oxygens (including phenoxy) is 1. The van der Waals surface area contributed by atoms with Gasteiger partial charge >= 0.3 is 5.97 Å². The number of aromatic nitrogens is 2. The Balaban J connectivity index is 1.39. The number of carboxylic acids is 1. The van der Waals surface area contributed by atoms with E-state index in [0.717, 1.165) is 62.5 Å². The molecule has 1 aromatic carbocycles. The Morgan fingerprint density at radius 3 is 2.38 bits per heavy atom. The average molecular weight is 397 g/mol. The van der Waals surface area contributed by atoms with Crippen molar-refractivity contribution in [2.75, 3.05) is 61.1 Å². The Kier molecular flexibility index (Phi) is 5.69. The molecule has 8 heteroatoms. The van der Waals surface area contributed by atoms with Crippen LogP contribution < -0.4 is 19.4 Å². The molecule has 2 aliphatic rings. The second-order valence-electron chi connectivity index (χ2n) is 7.46. The van der Waals surface area contributed by atoms with Gasteiger partial charge in [0.05, 0.1) is 18.7 Å². The summed E-state index contributed by atoms with van der Waals surface area (Å²) in [5.41, 5.74) is 1.12. The van der Waals surface area contributed by atoms with Crippen molar-refractivity contribution in [3.63, 3.8) is 0 Å². The molecule has 1 N–H and O–H groups in total. The summed E-state index contributed by atoms with van der Waals surface area (Å²) in [5, 5.41) is 9.18. The van der Waals surface area contributed by atoms with Crippen LogP contribution in [0.15, 0.2) is 36.5 Å². The van der Waals surface area contributed by atoms with Crippen LogP contribution in [-0.2, 0) is 4.79 Å². The summed E-state index contributed by atoms with van der Waals surface area (Å²) < 4.78 is 5.49. The van der Waals surface area contributed by atoms with E-state index in [-0.39, 0.29) is 5.92 Å². The van der Waals surface area contributed by atoms with Gasteiger partial charge in [-0.15, -0.1) is 0 Å². The molecule has 0 radical (unpaired) electrons. The Hall–Kier alpha value is -3.03. The van der Waals surface area contributed by atoms with E-state index in [1.54, 1.807) is 13.3 Å². The van der Waals surface area contributed by atoms with Gasteiger partial charge in [-0.1, -0.05) is 12.1 Å². The third-order valence-electron chi connectivity index (χ3n) is 5.78. The summed E-state index contributed by atoms with van der Waals surface area (Å²) in [6, 6.07) is 10.0. The fourth-order valence-corrected chi connectivity index (χ4v) is 4.06. The van der Waals surface area contributed by atoms with Crippen molar-refractivity contribution in [2.24, 2.45) is 5.92 Å². The maximum absolute atomic E-state index is 11.2. The number of benzene rings is 1. The summed E-state index contributed by atoms with van der Waals surface area (Å²) >= 11 is 0. The van der Waals surface area contributed by atoms with Gasteiger partial charge in [-0.05, 0) is 31.0 Å². The molecule has 0 atom stereocenters. The van der Waals surface area contributed by atoms with Crippen molar-refractivity contribution < 1.29 is 14.6 Å². The van der Waals surface area contributed by atoms with Gasteiger partial charge in [-0.25, -0.2) is 4.98 Å². The van der Waals surface area contributed by atoms with Gasteiger partial charge in [0.15, 0.2) is 0 Å². The Labute approximate surface area is 170 Å². The molecule has 2 aliphatic heterocycles. The molecule has 154 valence electrons. The number of para-hydroxylation sites is 2.